The zero-order chi connectivity index (χ0) is 19.1. The summed E-state index contributed by atoms with van der Waals surface area (Å²) in [6, 6.07) is 12.2. The minimum Gasteiger partial charge on any atom is -0.497 e. The quantitative estimate of drug-likeness (QED) is 0.768. The molecule has 0 aromatic heterocycles. The third-order valence-electron chi connectivity index (χ3n) is 3.87. The first-order valence-electron chi connectivity index (χ1n) is 8.30. The molecular weight excluding hydrogens is 334 g/mol. The number of rotatable bonds is 7. The van der Waals surface area contributed by atoms with E-state index in [1.807, 2.05) is 24.3 Å². The van der Waals surface area contributed by atoms with Gasteiger partial charge in [0.05, 0.1) is 19.8 Å². The van der Waals surface area contributed by atoms with Gasteiger partial charge in [0, 0.05) is 11.8 Å². The van der Waals surface area contributed by atoms with Crippen LogP contribution in [0.3, 0.4) is 0 Å². The number of hydrogen-bond acceptors (Lipinski definition) is 5. The number of aryl methyl sites for hydroxylation is 1. The van der Waals surface area contributed by atoms with E-state index in [1.165, 1.54) is 38.8 Å². The lowest BCUT2D eigenvalue weighted by Gasteiger charge is -2.14. The van der Waals surface area contributed by atoms with Crippen molar-refractivity contribution in [3.05, 3.63) is 53.6 Å². The van der Waals surface area contributed by atoms with Gasteiger partial charge < -0.3 is 19.5 Å². The van der Waals surface area contributed by atoms with Crippen LogP contribution in [-0.4, -0.2) is 32.2 Å². The highest BCUT2D eigenvalue weighted by Crippen LogP contribution is 2.23. The van der Waals surface area contributed by atoms with Crippen LogP contribution in [0.25, 0.3) is 0 Å². The lowest BCUT2D eigenvalue weighted by atomic mass is 10.1. The zero-order valence-electron chi connectivity index (χ0n) is 15.4. The van der Waals surface area contributed by atoms with Crippen LogP contribution < -0.4 is 14.8 Å². The van der Waals surface area contributed by atoms with E-state index < -0.39 is 18.0 Å². The van der Waals surface area contributed by atoms with Crippen LogP contribution in [0, 0.1) is 0 Å². The fourth-order valence-electron chi connectivity index (χ4n) is 2.28. The molecule has 6 heteroatoms. The summed E-state index contributed by atoms with van der Waals surface area (Å²) in [6.07, 6.45) is -0.0303. The summed E-state index contributed by atoms with van der Waals surface area (Å²) in [5, 5.41) is 2.73. The van der Waals surface area contributed by atoms with Crippen molar-refractivity contribution >= 4 is 17.6 Å². The van der Waals surface area contributed by atoms with Crippen molar-refractivity contribution in [1.29, 1.82) is 0 Å². The second kappa shape index (κ2) is 8.89. The van der Waals surface area contributed by atoms with Gasteiger partial charge in [-0.1, -0.05) is 19.1 Å². The van der Waals surface area contributed by atoms with Crippen LogP contribution in [0.15, 0.2) is 42.5 Å². The second-order valence-corrected chi connectivity index (χ2v) is 5.69. The van der Waals surface area contributed by atoms with Crippen molar-refractivity contribution in [2.45, 2.75) is 26.4 Å². The van der Waals surface area contributed by atoms with Gasteiger partial charge in [-0.25, -0.2) is 4.79 Å². The normalized spacial score (nSPS) is 11.4. The number of benzene rings is 2. The maximum absolute atomic E-state index is 12.3. The first-order chi connectivity index (χ1) is 12.5. The zero-order valence-corrected chi connectivity index (χ0v) is 15.4. The maximum atomic E-state index is 12.3. The maximum Gasteiger partial charge on any atom is 0.339 e. The fraction of sp³-hybridized carbons (Fsp3) is 0.300. The van der Waals surface area contributed by atoms with Gasteiger partial charge in [-0.3, -0.25) is 4.79 Å². The first kappa shape index (κ1) is 19.3. The van der Waals surface area contributed by atoms with E-state index in [0.29, 0.717) is 17.2 Å². The topological polar surface area (TPSA) is 73.9 Å². The Labute approximate surface area is 153 Å². The van der Waals surface area contributed by atoms with Gasteiger partial charge >= 0.3 is 5.97 Å². The van der Waals surface area contributed by atoms with E-state index in [0.717, 1.165) is 6.42 Å². The van der Waals surface area contributed by atoms with E-state index in [2.05, 4.69) is 12.2 Å². The van der Waals surface area contributed by atoms with E-state index in [-0.39, 0.29) is 5.56 Å². The number of carbonyl (C=O) groups excluding carboxylic acids is 2. The van der Waals surface area contributed by atoms with Gasteiger partial charge in [0.2, 0.25) is 0 Å². The highest BCUT2D eigenvalue weighted by Gasteiger charge is 2.20. The minimum absolute atomic E-state index is 0.244. The molecule has 0 fully saturated rings. The first-order valence-corrected chi connectivity index (χ1v) is 8.30. The SMILES string of the molecule is CCc1ccc(NC(=O)[C@@H](C)OC(=O)c2cc(OC)cc(OC)c2)cc1. The number of ether oxygens (including phenoxy) is 3. The molecule has 2 aromatic carbocycles. The molecule has 26 heavy (non-hydrogen) atoms. The smallest absolute Gasteiger partial charge is 0.339 e. The van der Waals surface area contributed by atoms with E-state index in [1.54, 1.807) is 6.07 Å². The Hall–Kier alpha value is -3.02. The summed E-state index contributed by atoms with van der Waals surface area (Å²) in [5.41, 5.74) is 2.07. The number of amides is 1. The fourth-order valence-corrected chi connectivity index (χ4v) is 2.28. The summed E-state index contributed by atoms with van der Waals surface area (Å²) in [7, 11) is 2.98. The molecule has 0 heterocycles. The van der Waals surface area contributed by atoms with Crippen molar-refractivity contribution in [2.24, 2.45) is 0 Å². The number of nitrogens with one attached hydrogen (secondary N) is 1. The summed E-state index contributed by atoms with van der Waals surface area (Å²) in [6.45, 7) is 3.58. The molecule has 0 aliphatic rings. The average molecular weight is 357 g/mol. The van der Waals surface area contributed by atoms with E-state index in [4.69, 9.17) is 14.2 Å². The highest BCUT2D eigenvalue weighted by molar-refractivity contribution is 5.97. The third-order valence-corrected chi connectivity index (χ3v) is 3.87. The van der Waals surface area contributed by atoms with Crippen molar-refractivity contribution in [2.75, 3.05) is 19.5 Å². The third kappa shape index (κ3) is 4.99. The minimum atomic E-state index is -0.953. The van der Waals surface area contributed by atoms with Gasteiger partial charge in [0.15, 0.2) is 6.10 Å². The standard InChI is InChI=1S/C20H23NO5/c1-5-14-6-8-16(9-7-14)21-19(22)13(2)26-20(23)15-10-17(24-3)12-18(11-15)25-4/h6-13H,5H2,1-4H3,(H,21,22)/t13-/m1/s1. The van der Waals surface area contributed by atoms with Gasteiger partial charge in [-0.05, 0) is 43.2 Å². The molecular formula is C20H23NO5. The number of methoxy groups -OCH3 is 2. The summed E-state index contributed by atoms with van der Waals surface area (Å²) in [4.78, 5) is 24.6. The predicted octanol–water partition coefficient (Wildman–Crippen LogP) is 3.45. The molecule has 0 bridgehead atoms. The number of hydrogen-bond donors (Lipinski definition) is 1. The molecule has 138 valence electrons. The van der Waals surface area contributed by atoms with Gasteiger partial charge in [-0.15, -0.1) is 0 Å². The van der Waals surface area contributed by atoms with E-state index >= 15 is 0 Å². The van der Waals surface area contributed by atoms with Crippen molar-refractivity contribution in [3.63, 3.8) is 0 Å². The Morgan fingerprint density at radius 3 is 2.08 bits per heavy atom. The molecule has 1 N–H and O–H groups in total. The van der Waals surface area contributed by atoms with Gasteiger partial charge in [0.25, 0.3) is 5.91 Å². The summed E-state index contributed by atoms with van der Waals surface area (Å²) >= 11 is 0. The molecule has 6 nitrogen and oxygen atoms in total. The highest BCUT2D eigenvalue weighted by atomic mass is 16.5. The molecule has 0 saturated heterocycles. The summed E-state index contributed by atoms with van der Waals surface area (Å²) in [5.74, 6) is -0.113. The molecule has 0 aliphatic carbocycles. The Bertz CT molecular complexity index is 748. The number of anilines is 1. The number of esters is 1. The molecule has 2 rings (SSSR count). The largest absolute Gasteiger partial charge is 0.497 e. The van der Waals surface area contributed by atoms with Gasteiger partial charge in [0.1, 0.15) is 11.5 Å². The molecule has 0 radical (unpaired) electrons. The lowest BCUT2D eigenvalue weighted by Crippen LogP contribution is -2.30. The number of carbonyl (C=O) groups is 2. The molecule has 1 atom stereocenters. The van der Waals surface area contributed by atoms with Crippen LogP contribution in [0.4, 0.5) is 5.69 Å². The Balaban J connectivity index is 2.02. The molecule has 0 spiro atoms. The Morgan fingerprint density at radius 1 is 1.00 bits per heavy atom. The lowest BCUT2D eigenvalue weighted by molar-refractivity contribution is -0.123. The predicted molar refractivity (Wildman–Crippen MR) is 98.9 cm³/mol. The van der Waals surface area contributed by atoms with Crippen molar-refractivity contribution < 1.29 is 23.8 Å². The van der Waals surface area contributed by atoms with Crippen LogP contribution in [0.1, 0.15) is 29.8 Å². The van der Waals surface area contributed by atoms with Crippen LogP contribution >= 0.6 is 0 Å². The van der Waals surface area contributed by atoms with Crippen molar-refractivity contribution in [1.82, 2.24) is 0 Å². The molecule has 0 saturated carbocycles. The van der Waals surface area contributed by atoms with Crippen molar-refractivity contribution in [3.8, 4) is 11.5 Å². The average Bonchev–Trinajstić information content (AvgIpc) is 2.67. The van der Waals surface area contributed by atoms with Crippen LogP contribution in [0.5, 0.6) is 11.5 Å². The molecule has 2 aromatic rings. The van der Waals surface area contributed by atoms with Crippen LogP contribution in [-0.2, 0) is 16.0 Å². The van der Waals surface area contributed by atoms with E-state index in [9.17, 15) is 9.59 Å². The Morgan fingerprint density at radius 2 is 1.58 bits per heavy atom. The Kier molecular flexibility index (Phi) is 6.60. The molecule has 0 unspecified atom stereocenters. The molecule has 0 aliphatic heterocycles. The van der Waals surface area contributed by atoms with Crippen LogP contribution in [0.2, 0.25) is 0 Å². The second-order valence-electron chi connectivity index (χ2n) is 5.69. The molecule has 1 amide bonds. The summed E-state index contributed by atoms with van der Waals surface area (Å²) < 4.78 is 15.5. The monoisotopic (exact) mass is 357 g/mol. The van der Waals surface area contributed by atoms with Gasteiger partial charge in [-0.2, -0.15) is 0 Å².